The number of rotatable bonds is 5. The van der Waals surface area contributed by atoms with Crippen LogP contribution in [0.2, 0.25) is 0 Å². The highest BCUT2D eigenvalue weighted by molar-refractivity contribution is 14.0. The number of hydrogen-bond donors (Lipinski definition) is 1. The summed E-state index contributed by atoms with van der Waals surface area (Å²) in [5.74, 6) is 0.850. The van der Waals surface area contributed by atoms with Crippen molar-refractivity contribution in [3.05, 3.63) is 28.7 Å². The summed E-state index contributed by atoms with van der Waals surface area (Å²) < 4.78 is 25.4. The van der Waals surface area contributed by atoms with Crippen LogP contribution < -0.4 is 5.32 Å². The van der Waals surface area contributed by atoms with Crippen LogP contribution in [0.4, 0.5) is 0 Å². The van der Waals surface area contributed by atoms with E-state index < -0.39 is 9.84 Å². The second kappa shape index (κ2) is 9.83. The molecule has 0 spiro atoms. The average Bonchev–Trinajstić information content (AvgIpc) is 3.01. The van der Waals surface area contributed by atoms with E-state index in [1.165, 1.54) is 12.8 Å². The summed E-state index contributed by atoms with van der Waals surface area (Å²) in [7, 11) is -3.29. The van der Waals surface area contributed by atoms with Gasteiger partial charge in [-0.3, -0.25) is 4.99 Å². The highest BCUT2D eigenvalue weighted by Gasteiger charge is 2.17. The minimum Gasteiger partial charge on any atom is -0.357 e. The molecule has 1 aromatic rings. The molecule has 0 aromatic heterocycles. The first-order chi connectivity index (χ1) is 10.5. The van der Waals surface area contributed by atoms with Gasteiger partial charge in [0, 0.05) is 24.1 Å². The smallest absolute Gasteiger partial charge is 0.193 e. The van der Waals surface area contributed by atoms with Gasteiger partial charge in [-0.25, -0.2) is 8.42 Å². The lowest BCUT2D eigenvalue weighted by atomic mass is 10.4. The monoisotopic (exact) mass is 515 g/mol. The lowest BCUT2D eigenvalue weighted by molar-refractivity contribution is 0.494. The summed E-state index contributed by atoms with van der Waals surface area (Å²) in [6.45, 7) is 5.06. The topological polar surface area (TPSA) is 61.8 Å². The lowest BCUT2D eigenvalue weighted by Gasteiger charge is -2.20. The first-order valence-corrected chi connectivity index (χ1v) is 9.99. The zero-order valence-electron chi connectivity index (χ0n) is 13.2. The fourth-order valence-electron chi connectivity index (χ4n) is 2.39. The van der Waals surface area contributed by atoms with Crippen molar-refractivity contribution in [2.75, 3.05) is 31.9 Å². The molecule has 0 atom stereocenters. The summed E-state index contributed by atoms with van der Waals surface area (Å²) in [5, 5.41) is 3.23. The van der Waals surface area contributed by atoms with Crippen LogP contribution in [-0.2, 0) is 9.84 Å². The molecule has 0 aliphatic carbocycles. The van der Waals surface area contributed by atoms with Gasteiger partial charge in [0.15, 0.2) is 15.8 Å². The Morgan fingerprint density at radius 3 is 2.43 bits per heavy atom. The number of guanidine groups is 1. The zero-order valence-corrected chi connectivity index (χ0v) is 17.9. The van der Waals surface area contributed by atoms with E-state index in [1.54, 1.807) is 24.3 Å². The Labute approximate surface area is 164 Å². The van der Waals surface area contributed by atoms with Crippen molar-refractivity contribution < 1.29 is 8.42 Å². The summed E-state index contributed by atoms with van der Waals surface area (Å²) in [5.41, 5.74) is 0. The summed E-state index contributed by atoms with van der Waals surface area (Å²) in [6, 6.07) is 6.72. The van der Waals surface area contributed by atoms with E-state index in [0.29, 0.717) is 4.90 Å². The molecule has 0 amide bonds. The SMILES string of the molecule is CCNC(=NCCS(=O)(=O)c1ccc(Br)cc1)N1CCCC1.I. The van der Waals surface area contributed by atoms with Crippen LogP contribution in [0, 0.1) is 0 Å². The van der Waals surface area contributed by atoms with Gasteiger partial charge in [-0.15, -0.1) is 24.0 Å². The molecule has 1 heterocycles. The van der Waals surface area contributed by atoms with Crippen molar-refractivity contribution in [3.8, 4) is 0 Å². The third-order valence-electron chi connectivity index (χ3n) is 3.53. The van der Waals surface area contributed by atoms with Crippen LogP contribution in [0.15, 0.2) is 38.6 Å². The molecule has 2 rings (SSSR count). The minimum absolute atomic E-state index is 0. The number of hydrogen-bond acceptors (Lipinski definition) is 3. The standard InChI is InChI=1S/C15H22BrN3O2S.HI/c1-2-17-15(19-10-3-4-11-19)18-9-12-22(20,21)14-7-5-13(16)6-8-14;/h5-8H,2-4,9-12H2,1H3,(H,17,18);1H. The van der Waals surface area contributed by atoms with Gasteiger partial charge < -0.3 is 10.2 Å². The Morgan fingerprint density at radius 2 is 1.87 bits per heavy atom. The van der Waals surface area contributed by atoms with Gasteiger partial charge in [-0.05, 0) is 44.0 Å². The normalized spacial score (nSPS) is 15.4. The summed E-state index contributed by atoms with van der Waals surface area (Å²) >= 11 is 3.31. The number of nitrogens with zero attached hydrogens (tertiary/aromatic N) is 2. The van der Waals surface area contributed by atoms with E-state index >= 15 is 0 Å². The Kier molecular flexibility index (Phi) is 8.84. The van der Waals surface area contributed by atoms with Crippen LogP contribution in [0.1, 0.15) is 19.8 Å². The molecule has 1 aliphatic rings. The van der Waals surface area contributed by atoms with Gasteiger partial charge >= 0.3 is 0 Å². The molecule has 130 valence electrons. The fraction of sp³-hybridized carbons (Fsp3) is 0.533. The van der Waals surface area contributed by atoms with E-state index in [2.05, 4.69) is 31.1 Å². The van der Waals surface area contributed by atoms with Gasteiger partial charge in [0.1, 0.15) is 0 Å². The molecular formula is C15H23BrIN3O2S. The number of sulfone groups is 1. The Bertz CT molecular complexity index is 614. The largest absolute Gasteiger partial charge is 0.357 e. The minimum atomic E-state index is -3.29. The molecule has 0 saturated carbocycles. The average molecular weight is 516 g/mol. The van der Waals surface area contributed by atoms with Crippen LogP contribution in [0.3, 0.4) is 0 Å². The zero-order chi connectivity index (χ0) is 16.0. The molecule has 0 unspecified atom stereocenters. The van der Waals surface area contributed by atoms with Crippen LogP contribution in [-0.4, -0.2) is 51.2 Å². The second-order valence-corrected chi connectivity index (χ2v) is 8.23. The molecule has 1 fully saturated rings. The number of likely N-dealkylation sites (tertiary alicyclic amines) is 1. The molecule has 8 heteroatoms. The highest BCUT2D eigenvalue weighted by atomic mass is 127. The van der Waals surface area contributed by atoms with Crippen LogP contribution in [0.5, 0.6) is 0 Å². The first kappa shape index (κ1) is 20.7. The van der Waals surface area contributed by atoms with Gasteiger partial charge in [0.2, 0.25) is 0 Å². The lowest BCUT2D eigenvalue weighted by Crippen LogP contribution is -2.39. The Morgan fingerprint density at radius 1 is 1.26 bits per heavy atom. The predicted octanol–water partition coefficient (Wildman–Crippen LogP) is 2.90. The van der Waals surface area contributed by atoms with E-state index in [9.17, 15) is 8.42 Å². The Balaban J connectivity index is 0.00000264. The molecule has 1 aromatic carbocycles. The first-order valence-electron chi connectivity index (χ1n) is 7.54. The van der Waals surface area contributed by atoms with Crippen molar-refractivity contribution in [2.45, 2.75) is 24.7 Å². The molecular weight excluding hydrogens is 493 g/mol. The second-order valence-electron chi connectivity index (χ2n) is 5.20. The van der Waals surface area contributed by atoms with Crippen molar-refractivity contribution in [3.63, 3.8) is 0 Å². The van der Waals surface area contributed by atoms with Crippen molar-refractivity contribution >= 4 is 55.7 Å². The summed E-state index contributed by atoms with van der Waals surface area (Å²) in [6.07, 6.45) is 2.34. The van der Waals surface area contributed by atoms with E-state index in [-0.39, 0.29) is 36.3 Å². The molecule has 1 saturated heterocycles. The van der Waals surface area contributed by atoms with Crippen LogP contribution in [0.25, 0.3) is 0 Å². The molecule has 1 aliphatic heterocycles. The van der Waals surface area contributed by atoms with Crippen molar-refractivity contribution in [2.24, 2.45) is 4.99 Å². The maximum absolute atomic E-state index is 12.3. The predicted molar refractivity (Wildman–Crippen MR) is 108 cm³/mol. The number of aliphatic imine (C=N–C) groups is 1. The number of nitrogens with one attached hydrogen (secondary N) is 1. The molecule has 23 heavy (non-hydrogen) atoms. The molecule has 0 bridgehead atoms. The van der Waals surface area contributed by atoms with Crippen LogP contribution >= 0.6 is 39.9 Å². The maximum Gasteiger partial charge on any atom is 0.193 e. The van der Waals surface area contributed by atoms with E-state index in [4.69, 9.17) is 0 Å². The van der Waals surface area contributed by atoms with Crippen molar-refractivity contribution in [1.29, 1.82) is 0 Å². The van der Waals surface area contributed by atoms with Gasteiger partial charge in [-0.1, -0.05) is 15.9 Å². The fourth-order valence-corrected chi connectivity index (χ4v) is 3.77. The third kappa shape index (κ3) is 6.22. The Hall–Kier alpha value is -0.350. The number of benzene rings is 1. The molecule has 1 N–H and O–H groups in total. The maximum atomic E-state index is 12.3. The number of halogens is 2. The molecule has 0 radical (unpaired) electrons. The highest BCUT2D eigenvalue weighted by Crippen LogP contribution is 2.16. The van der Waals surface area contributed by atoms with Gasteiger partial charge in [0.25, 0.3) is 0 Å². The van der Waals surface area contributed by atoms with Crippen molar-refractivity contribution in [1.82, 2.24) is 10.2 Å². The molecule has 5 nitrogen and oxygen atoms in total. The van der Waals surface area contributed by atoms with Gasteiger partial charge in [0.05, 0.1) is 17.2 Å². The van der Waals surface area contributed by atoms with E-state index in [0.717, 1.165) is 30.1 Å². The quantitative estimate of drug-likeness (QED) is 0.372. The summed E-state index contributed by atoms with van der Waals surface area (Å²) in [4.78, 5) is 7.00. The third-order valence-corrected chi connectivity index (χ3v) is 5.77. The van der Waals surface area contributed by atoms with E-state index in [1.807, 2.05) is 6.92 Å². The van der Waals surface area contributed by atoms with Gasteiger partial charge in [-0.2, -0.15) is 0 Å².